The fraction of sp³-hybridized carbons (Fsp3) is 1.00. The maximum atomic E-state index is 8.25. The van der Waals surface area contributed by atoms with Gasteiger partial charge in [0, 0.05) is 0 Å². The van der Waals surface area contributed by atoms with Crippen LogP contribution in [0.25, 0.3) is 0 Å². The van der Waals surface area contributed by atoms with Gasteiger partial charge in [0.2, 0.25) is 0 Å². The Bertz CT molecular complexity index is 129. The highest BCUT2D eigenvalue weighted by molar-refractivity contribution is 4.46. The third kappa shape index (κ3) is 21.7. The first-order valence-corrected chi connectivity index (χ1v) is 7.27. The smallest absolute Gasteiger partial charge is 0.0780 e. The summed E-state index contributed by atoms with van der Waals surface area (Å²) in [6.45, 7) is 3.61. The molecule has 0 aliphatic heterocycles. The molecule has 0 saturated heterocycles. The molecule has 0 aliphatic carbocycles. The molecule has 0 amide bonds. The number of rotatable bonds is 10. The van der Waals surface area contributed by atoms with E-state index in [2.05, 4.69) is 28.1 Å². The summed E-state index contributed by atoms with van der Waals surface area (Å²) < 4.78 is 1.12. The lowest BCUT2D eigenvalue weighted by Gasteiger charge is -2.23. The first kappa shape index (κ1) is 19.3. The van der Waals surface area contributed by atoms with Gasteiger partial charge in [0.05, 0.1) is 27.7 Å². The molecule has 0 fully saturated rings. The second-order valence-electron chi connectivity index (χ2n) is 5.84. The zero-order chi connectivity index (χ0) is 13.6. The van der Waals surface area contributed by atoms with Crippen LogP contribution < -0.4 is 5.11 Å². The molecule has 0 aromatic rings. The van der Waals surface area contributed by atoms with Gasteiger partial charge in [-0.25, -0.2) is 0 Å². The van der Waals surface area contributed by atoms with E-state index in [4.69, 9.17) is 5.11 Å². The summed E-state index contributed by atoms with van der Waals surface area (Å²) in [6, 6.07) is 0. The maximum Gasteiger partial charge on any atom is 0.0780 e. The number of unbranched alkanes of at least 4 members (excludes halogenated alkanes) is 8. The normalized spacial score (nSPS) is 10.9. The molecule has 17 heavy (non-hydrogen) atoms. The molecular formula is C15H35NO. The molecule has 0 atom stereocenters. The lowest BCUT2D eigenvalue weighted by atomic mass is 10.1. The van der Waals surface area contributed by atoms with E-state index in [1.54, 1.807) is 0 Å². The molecule has 0 rings (SSSR count). The average Bonchev–Trinajstić information content (AvgIpc) is 2.28. The zero-order valence-electron chi connectivity index (χ0n) is 12.9. The van der Waals surface area contributed by atoms with Crippen molar-refractivity contribution in [3.63, 3.8) is 0 Å². The van der Waals surface area contributed by atoms with E-state index in [9.17, 15) is 0 Å². The van der Waals surface area contributed by atoms with Crippen LogP contribution >= 0.6 is 0 Å². The molecule has 0 aromatic carbocycles. The van der Waals surface area contributed by atoms with Gasteiger partial charge < -0.3 is 9.59 Å². The van der Waals surface area contributed by atoms with Crippen molar-refractivity contribution in [2.75, 3.05) is 34.8 Å². The van der Waals surface area contributed by atoms with Crippen LogP contribution in [0.3, 0.4) is 0 Å². The van der Waals surface area contributed by atoms with Crippen molar-refractivity contribution < 1.29 is 9.59 Å². The van der Waals surface area contributed by atoms with Crippen LogP contribution in [0.1, 0.15) is 64.7 Å². The van der Waals surface area contributed by atoms with Gasteiger partial charge >= 0.3 is 0 Å². The first-order valence-electron chi connectivity index (χ1n) is 7.27. The van der Waals surface area contributed by atoms with Crippen LogP contribution in [-0.4, -0.2) is 39.3 Å². The number of hydrogen-bond donors (Lipinski definition) is 0. The van der Waals surface area contributed by atoms with Crippen molar-refractivity contribution in [2.24, 2.45) is 0 Å². The van der Waals surface area contributed by atoms with Gasteiger partial charge in [0.15, 0.2) is 0 Å². The van der Waals surface area contributed by atoms with Gasteiger partial charge in [-0.05, 0) is 12.8 Å². The molecule has 0 N–H and O–H groups in total. The predicted octanol–water partition coefficient (Wildman–Crippen LogP) is 3.20. The molecule has 2 heteroatoms. The Morgan fingerprint density at radius 1 is 0.647 bits per heavy atom. The van der Waals surface area contributed by atoms with Gasteiger partial charge in [-0.15, -0.1) is 0 Å². The van der Waals surface area contributed by atoms with Gasteiger partial charge in [-0.2, -0.15) is 7.11 Å². The average molecular weight is 245 g/mol. The summed E-state index contributed by atoms with van der Waals surface area (Å²) in [6.07, 6.45) is 12.9. The first-order chi connectivity index (χ1) is 8.06. The Kier molecular flexibility index (Phi) is 15.8. The molecule has 0 heterocycles. The molecule has 0 bridgehead atoms. The summed E-state index contributed by atoms with van der Waals surface area (Å²) in [7, 11) is 7.60. The van der Waals surface area contributed by atoms with Crippen LogP contribution in [0.4, 0.5) is 0 Å². The zero-order valence-corrected chi connectivity index (χ0v) is 12.9. The predicted molar refractivity (Wildman–Crippen MR) is 76.1 cm³/mol. The summed E-state index contributed by atoms with van der Waals surface area (Å²) >= 11 is 0. The lowest BCUT2D eigenvalue weighted by Crippen LogP contribution is -2.35. The molecule has 0 aliphatic rings. The number of nitrogens with zero attached hydrogens (tertiary/aromatic N) is 1. The van der Waals surface area contributed by atoms with E-state index in [0.717, 1.165) is 11.6 Å². The van der Waals surface area contributed by atoms with Crippen molar-refractivity contribution in [1.29, 1.82) is 0 Å². The van der Waals surface area contributed by atoms with E-state index in [0.29, 0.717) is 0 Å². The van der Waals surface area contributed by atoms with E-state index < -0.39 is 0 Å². The Morgan fingerprint density at radius 2 is 1.00 bits per heavy atom. The van der Waals surface area contributed by atoms with E-state index in [1.165, 1.54) is 64.3 Å². The van der Waals surface area contributed by atoms with Gasteiger partial charge in [-0.3, -0.25) is 0 Å². The second-order valence-corrected chi connectivity index (χ2v) is 5.84. The Hall–Kier alpha value is -0.0800. The van der Waals surface area contributed by atoms with Gasteiger partial charge in [-0.1, -0.05) is 51.9 Å². The minimum absolute atomic E-state index is 0.750. The molecule has 0 unspecified atom stereocenters. The Balaban J connectivity index is 0. The van der Waals surface area contributed by atoms with Crippen molar-refractivity contribution in [3.05, 3.63) is 0 Å². The third-order valence-corrected chi connectivity index (χ3v) is 2.93. The van der Waals surface area contributed by atoms with Crippen LogP contribution in [-0.2, 0) is 0 Å². The maximum absolute atomic E-state index is 8.25. The number of quaternary nitrogens is 1. The summed E-state index contributed by atoms with van der Waals surface area (Å²) in [5.74, 6) is 0. The van der Waals surface area contributed by atoms with E-state index >= 15 is 0 Å². The highest BCUT2D eigenvalue weighted by atomic mass is 16.2. The molecule has 0 saturated carbocycles. The molecule has 2 nitrogen and oxygen atoms in total. The lowest BCUT2D eigenvalue weighted by molar-refractivity contribution is -0.870. The molecule has 106 valence electrons. The van der Waals surface area contributed by atoms with Crippen molar-refractivity contribution in [3.8, 4) is 0 Å². The Morgan fingerprint density at radius 3 is 1.35 bits per heavy atom. The SMILES string of the molecule is CCCCCCCCCCC[N+](C)(C)C.C[O-]. The topological polar surface area (TPSA) is 23.1 Å². The summed E-state index contributed by atoms with van der Waals surface area (Å²) in [5.41, 5.74) is 0. The molecular weight excluding hydrogens is 210 g/mol. The van der Waals surface area contributed by atoms with Crippen LogP contribution in [0, 0.1) is 0 Å². The largest absolute Gasteiger partial charge is 0.857 e. The molecule has 0 radical (unpaired) electrons. The van der Waals surface area contributed by atoms with Crippen molar-refractivity contribution in [1.82, 2.24) is 0 Å². The Labute approximate surface area is 110 Å². The highest BCUT2D eigenvalue weighted by Crippen LogP contribution is 2.10. The third-order valence-electron chi connectivity index (χ3n) is 2.93. The fourth-order valence-electron chi connectivity index (χ4n) is 1.90. The quantitative estimate of drug-likeness (QED) is 0.428. The minimum Gasteiger partial charge on any atom is -0.857 e. The van der Waals surface area contributed by atoms with Crippen LogP contribution in [0.5, 0.6) is 0 Å². The van der Waals surface area contributed by atoms with E-state index in [-0.39, 0.29) is 0 Å². The standard InChI is InChI=1S/C14H32N.CH3O/c1-5-6-7-8-9-10-11-12-13-14-15(2,3)4;1-2/h5-14H2,1-4H3;1H3/q+1;-1. The van der Waals surface area contributed by atoms with Crippen molar-refractivity contribution >= 4 is 0 Å². The number of hydrogen-bond acceptors (Lipinski definition) is 1. The monoisotopic (exact) mass is 245 g/mol. The fourth-order valence-corrected chi connectivity index (χ4v) is 1.90. The van der Waals surface area contributed by atoms with Crippen molar-refractivity contribution in [2.45, 2.75) is 64.7 Å². The summed E-state index contributed by atoms with van der Waals surface area (Å²) in [4.78, 5) is 0. The molecule has 0 spiro atoms. The second kappa shape index (κ2) is 14.0. The van der Waals surface area contributed by atoms with Gasteiger partial charge in [0.25, 0.3) is 0 Å². The van der Waals surface area contributed by atoms with Gasteiger partial charge in [0.1, 0.15) is 0 Å². The summed E-state index contributed by atoms with van der Waals surface area (Å²) in [5, 5.41) is 8.25. The van der Waals surface area contributed by atoms with E-state index in [1.807, 2.05) is 0 Å². The molecule has 0 aromatic heterocycles. The van der Waals surface area contributed by atoms with Crippen LogP contribution in [0.2, 0.25) is 0 Å². The highest BCUT2D eigenvalue weighted by Gasteiger charge is 2.04. The minimum atomic E-state index is 0.750. The van der Waals surface area contributed by atoms with Crippen LogP contribution in [0.15, 0.2) is 0 Å².